The van der Waals surface area contributed by atoms with Crippen LogP contribution in [0.1, 0.15) is 11.6 Å². The van der Waals surface area contributed by atoms with E-state index in [1.807, 2.05) is 53.4 Å². The van der Waals surface area contributed by atoms with E-state index in [-0.39, 0.29) is 43.0 Å². The molecule has 1 aliphatic rings. The monoisotopic (exact) mass is 415 g/mol. The van der Waals surface area contributed by atoms with E-state index in [1.54, 1.807) is 19.2 Å². The normalized spacial score (nSPS) is 17.3. The van der Waals surface area contributed by atoms with Crippen molar-refractivity contribution in [1.29, 1.82) is 0 Å². The SMILES string of the molecule is CN(CC(=O)Nc1ccccc1)C(=O)C(c1ccccc1)N1CCS(=O)(=O)CC1. The van der Waals surface area contributed by atoms with Gasteiger partial charge in [-0.3, -0.25) is 14.5 Å². The molecule has 154 valence electrons. The van der Waals surface area contributed by atoms with E-state index in [1.165, 1.54) is 4.90 Å². The van der Waals surface area contributed by atoms with Gasteiger partial charge >= 0.3 is 0 Å². The Kier molecular flexibility index (Phi) is 6.66. The van der Waals surface area contributed by atoms with Gasteiger partial charge in [-0.1, -0.05) is 48.5 Å². The first-order chi connectivity index (χ1) is 13.9. The second kappa shape index (κ2) is 9.19. The fraction of sp³-hybridized carbons (Fsp3) is 0.333. The van der Waals surface area contributed by atoms with Gasteiger partial charge in [0.15, 0.2) is 9.84 Å². The van der Waals surface area contributed by atoms with Crippen molar-refractivity contribution in [1.82, 2.24) is 9.80 Å². The van der Waals surface area contributed by atoms with E-state index >= 15 is 0 Å². The van der Waals surface area contributed by atoms with Crippen molar-refractivity contribution in [3.8, 4) is 0 Å². The first-order valence-electron chi connectivity index (χ1n) is 9.45. The van der Waals surface area contributed by atoms with Gasteiger partial charge in [0.05, 0.1) is 18.1 Å². The number of likely N-dealkylation sites (N-methyl/N-ethyl adjacent to an activating group) is 1. The number of nitrogens with one attached hydrogen (secondary N) is 1. The van der Waals surface area contributed by atoms with Gasteiger partial charge in [-0.25, -0.2) is 8.42 Å². The smallest absolute Gasteiger partial charge is 0.244 e. The van der Waals surface area contributed by atoms with Gasteiger partial charge in [-0.05, 0) is 17.7 Å². The van der Waals surface area contributed by atoms with E-state index in [0.717, 1.165) is 5.56 Å². The topological polar surface area (TPSA) is 86.8 Å². The van der Waals surface area contributed by atoms with E-state index in [4.69, 9.17) is 0 Å². The number of hydrogen-bond acceptors (Lipinski definition) is 5. The summed E-state index contributed by atoms with van der Waals surface area (Å²) in [7, 11) is -1.47. The molecule has 7 nitrogen and oxygen atoms in total. The number of anilines is 1. The van der Waals surface area contributed by atoms with Crippen molar-refractivity contribution in [3.05, 3.63) is 66.2 Å². The zero-order chi connectivity index (χ0) is 20.9. The Morgan fingerprint density at radius 1 is 1.00 bits per heavy atom. The summed E-state index contributed by atoms with van der Waals surface area (Å²) in [4.78, 5) is 28.9. The molecule has 0 bridgehead atoms. The minimum absolute atomic E-state index is 0.0296. The minimum atomic E-state index is -3.06. The summed E-state index contributed by atoms with van der Waals surface area (Å²) >= 11 is 0. The number of para-hydroxylation sites is 1. The Bertz CT molecular complexity index is 934. The molecule has 1 fully saturated rings. The van der Waals surface area contributed by atoms with Crippen LogP contribution in [0, 0.1) is 0 Å². The molecule has 8 heteroatoms. The average Bonchev–Trinajstić information content (AvgIpc) is 2.70. The number of rotatable bonds is 6. The Balaban J connectivity index is 1.73. The van der Waals surface area contributed by atoms with Gasteiger partial charge in [0, 0.05) is 25.8 Å². The number of nitrogens with zero attached hydrogens (tertiary/aromatic N) is 2. The van der Waals surface area contributed by atoms with Crippen LogP contribution in [0.15, 0.2) is 60.7 Å². The van der Waals surface area contributed by atoms with Crippen LogP contribution >= 0.6 is 0 Å². The molecule has 0 spiro atoms. The third-order valence-corrected chi connectivity index (χ3v) is 6.52. The van der Waals surface area contributed by atoms with Gasteiger partial charge < -0.3 is 10.2 Å². The highest BCUT2D eigenvalue weighted by Crippen LogP contribution is 2.25. The maximum atomic E-state index is 13.2. The molecule has 1 heterocycles. The van der Waals surface area contributed by atoms with Crippen LogP contribution in [-0.4, -0.2) is 68.2 Å². The van der Waals surface area contributed by atoms with Crippen molar-refractivity contribution >= 4 is 27.3 Å². The van der Waals surface area contributed by atoms with E-state index < -0.39 is 15.9 Å². The lowest BCUT2D eigenvalue weighted by Gasteiger charge is -2.35. The lowest BCUT2D eigenvalue weighted by atomic mass is 10.0. The Morgan fingerprint density at radius 2 is 1.55 bits per heavy atom. The van der Waals surface area contributed by atoms with Gasteiger partial charge in [0.25, 0.3) is 0 Å². The van der Waals surface area contributed by atoms with Crippen molar-refractivity contribution in [3.63, 3.8) is 0 Å². The molecule has 1 unspecified atom stereocenters. The highest BCUT2D eigenvalue weighted by Gasteiger charge is 2.34. The van der Waals surface area contributed by atoms with Crippen LogP contribution in [0.25, 0.3) is 0 Å². The maximum absolute atomic E-state index is 13.2. The van der Waals surface area contributed by atoms with Crippen molar-refractivity contribution in [2.75, 3.05) is 43.5 Å². The summed E-state index contributed by atoms with van der Waals surface area (Å²) in [5.74, 6) is -0.470. The molecule has 2 aromatic carbocycles. The lowest BCUT2D eigenvalue weighted by molar-refractivity contribution is -0.138. The highest BCUT2D eigenvalue weighted by atomic mass is 32.2. The molecule has 1 aliphatic heterocycles. The number of amides is 2. The van der Waals surface area contributed by atoms with Gasteiger partial charge in [0.1, 0.15) is 6.04 Å². The first-order valence-corrected chi connectivity index (χ1v) is 11.3. The van der Waals surface area contributed by atoms with Crippen LogP contribution in [0.3, 0.4) is 0 Å². The third-order valence-electron chi connectivity index (χ3n) is 4.91. The molecule has 2 amide bonds. The highest BCUT2D eigenvalue weighted by molar-refractivity contribution is 7.91. The molecule has 2 aromatic rings. The van der Waals surface area contributed by atoms with Crippen molar-refractivity contribution in [2.45, 2.75) is 6.04 Å². The molecule has 3 rings (SSSR count). The van der Waals surface area contributed by atoms with Crippen LogP contribution in [-0.2, 0) is 19.4 Å². The number of carbonyl (C=O) groups is 2. The lowest BCUT2D eigenvalue weighted by Crippen LogP contribution is -2.49. The molecule has 0 radical (unpaired) electrons. The minimum Gasteiger partial charge on any atom is -0.335 e. The van der Waals surface area contributed by atoms with Crippen molar-refractivity contribution < 1.29 is 18.0 Å². The predicted octanol–water partition coefficient (Wildman–Crippen LogP) is 1.56. The Hall–Kier alpha value is -2.71. The molecular weight excluding hydrogens is 390 g/mol. The fourth-order valence-electron chi connectivity index (χ4n) is 3.35. The van der Waals surface area contributed by atoms with E-state index in [9.17, 15) is 18.0 Å². The fourth-order valence-corrected chi connectivity index (χ4v) is 4.58. The van der Waals surface area contributed by atoms with Crippen molar-refractivity contribution in [2.24, 2.45) is 0 Å². The predicted molar refractivity (Wildman–Crippen MR) is 112 cm³/mol. The van der Waals surface area contributed by atoms with Gasteiger partial charge in [0.2, 0.25) is 11.8 Å². The second-order valence-electron chi connectivity index (χ2n) is 7.11. The van der Waals surface area contributed by atoms with Gasteiger partial charge in [-0.15, -0.1) is 0 Å². The molecule has 1 atom stereocenters. The quantitative estimate of drug-likeness (QED) is 0.774. The zero-order valence-electron chi connectivity index (χ0n) is 16.3. The summed E-state index contributed by atoms with van der Waals surface area (Å²) < 4.78 is 23.6. The molecule has 0 aromatic heterocycles. The molecule has 1 saturated heterocycles. The first kappa shape index (κ1) is 21.0. The summed E-state index contributed by atoms with van der Waals surface area (Å²) in [6.45, 7) is 0.485. The second-order valence-corrected chi connectivity index (χ2v) is 9.41. The molecular formula is C21H25N3O4S. The average molecular weight is 416 g/mol. The molecule has 0 aliphatic carbocycles. The van der Waals surface area contributed by atoms with Crippen LogP contribution < -0.4 is 5.32 Å². The van der Waals surface area contributed by atoms with E-state index in [2.05, 4.69) is 5.32 Å². The number of sulfone groups is 1. The zero-order valence-corrected chi connectivity index (χ0v) is 17.1. The summed E-state index contributed by atoms with van der Waals surface area (Å²) in [6, 6.07) is 17.7. The number of carbonyl (C=O) groups excluding carboxylic acids is 2. The van der Waals surface area contributed by atoms with Crippen LogP contribution in [0.2, 0.25) is 0 Å². The number of benzene rings is 2. The molecule has 1 N–H and O–H groups in total. The Morgan fingerprint density at radius 3 is 2.14 bits per heavy atom. The maximum Gasteiger partial charge on any atom is 0.244 e. The standard InChI is InChI=1S/C21H25N3O4S/c1-23(16-19(25)22-18-10-6-3-7-11-18)21(26)20(17-8-4-2-5-9-17)24-12-14-29(27,28)15-13-24/h2-11,20H,12-16H2,1H3,(H,22,25). The number of hydrogen-bond donors (Lipinski definition) is 1. The largest absolute Gasteiger partial charge is 0.335 e. The van der Waals surface area contributed by atoms with Crippen LogP contribution in [0.5, 0.6) is 0 Å². The molecule has 29 heavy (non-hydrogen) atoms. The summed E-state index contributed by atoms with van der Waals surface area (Å²) in [6.07, 6.45) is 0. The summed E-state index contributed by atoms with van der Waals surface area (Å²) in [5.41, 5.74) is 1.45. The van der Waals surface area contributed by atoms with Crippen LogP contribution in [0.4, 0.5) is 5.69 Å². The third kappa shape index (κ3) is 5.65. The molecule has 0 saturated carbocycles. The van der Waals surface area contributed by atoms with E-state index in [0.29, 0.717) is 5.69 Å². The Labute approximate surface area is 171 Å². The summed E-state index contributed by atoms with van der Waals surface area (Å²) in [5, 5.41) is 2.77. The van der Waals surface area contributed by atoms with Gasteiger partial charge in [-0.2, -0.15) is 0 Å².